The molecular formula is C14H19ClMgO2. The first-order chi connectivity index (χ1) is 7.24. The topological polar surface area (TPSA) is 26.3 Å². The first-order valence-corrected chi connectivity index (χ1v) is 4.91. The molecule has 0 atom stereocenters. The van der Waals surface area contributed by atoms with Crippen LogP contribution in [0.5, 0.6) is 0 Å². The van der Waals surface area contributed by atoms with Gasteiger partial charge in [-0.15, -0.1) is 24.5 Å². The van der Waals surface area contributed by atoms with E-state index < -0.39 is 0 Å². The van der Waals surface area contributed by atoms with Gasteiger partial charge in [-0.25, -0.2) is 4.79 Å². The predicted molar refractivity (Wildman–Crippen MR) is 79.7 cm³/mol. The van der Waals surface area contributed by atoms with Crippen LogP contribution >= 0.6 is 12.4 Å². The van der Waals surface area contributed by atoms with Crippen molar-refractivity contribution in [3.63, 3.8) is 0 Å². The Morgan fingerprint density at radius 1 is 1.39 bits per heavy atom. The molecule has 1 rings (SSSR count). The average molecular weight is 279 g/mol. The molecule has 0 unspecified atom stereocenters. The number of benzene rings is 1. The Kier molecular flexibility index (Phi) is 16.0. The van der Waals surface area contributed by atoms with Crippen LogP contribution in [-0.4, -0.2) is 35.6 Å². The standard InChI is InChI=1S/C13H15O2.CH3.ClH.Mg/c1-3-13(14)15-10-9-11(2)12-7-5-4-6-8-12;;;/h3-8H,1,9-10H2,2H3;1H3;1H;/q2*-1;;+2. The van der Waals surface area contributed by atoms with E-state index in [1.165, 1.54) is 17.6 Å². The Balaban J connectivity index is -0.000000750. The molecule has 1 aromatic rings. The molecule has 0 aromatic heterocycles. The smallest absolute Gasteiger partial charge is 0.463 e. The van der Waals surface area contributed by atoms with Crippen molar-refractivity contribution in [1.82, 2.24) is 0 Å². The monoisotopic (exact) mass is 278 g/mol. The van der Waals surface area contributed by atoms with Gasteiger partial charge in [0.25, 0.3) is 0 Å². The van der Waals surface area contributed by atoms with Crippen LogP contribution in [0.4, 0.5) is 0 Å². The van der Waals surface area contributed by atoms with Gasteiger partial charge in [0.05, 0.1) is 6.61 Å². The number of esters is 1. The van der Waals surface area contributed by atoms with Crippen LogP contribution in [0.25, 0.3) is 0 Å². The Hall–Kier alpha value is -0.644. The van der Waals surface area contributed by atoms with Gasteiger partial charge in [-0.2, -0.15) is 23.6 Å². The number of hydrogen-bond donors (Lipinski definition) is 0. The second-order valence-corrected chi connectivity index (χ2v) is 3.27. The van der Waals surface area contributed by atoms with Crippen molar-refractivity contribution in [2.24, 2.45) is 0 Å². The van der Waals surface area contributed by atoms with E-state index >= 15 is 0 Å². The van der Waals surface area contributed by atoms with E-state index in [0.29, 0.717) is 6.61 Å². The summed E-state index contributed by atoms with van der Waals surface area (Å²) in [6.07, 6.45) is 1.93. The largest absolute Gasteiger partial charge is 2.00 e. The summed E-state index contributed by atoms with van der Waals surface area (Å²) in [5.41, 5.74) is 1.19. The van der Waals surface area contributed by atoms with Gasteiger partial charge < -0.3 is 12.2 Å². The summed E-state index contributed by atoms with van der Waals surface area (Å²) in [7, 11) is 0. The molecule has 0 saturated carbocycles. The van der Waals surface area contributed by atoms with Crippen LogP contribution in [0.1, 0.15) is 18.9 Å². The van der Waals surface area contributed by atoms with Crippen LogP contribution in [0.2, 0.25) is 0 Å². The molecule has 0 heterocycles. The van der Waals surface area contributed by atoms with Gasteiger partial charge in [0.15, 0.2) is 0 Å². The minimum absolute atomic E-state index is 0. The maximum atomic E-state index is 10.8. The summed E-state index contributed by atoms with van der Waals surface area (Å²) >= 11 is 0. The molecule has 0 aliphatic carbocycles. The van der Waals surface area contributed by atoms with E-state index in [-0.39, 0.29) is 48.9 Å². The number of hydrogen-bond acceptors (Lipinski definition) is 2. The summed E-state index contributed by atoms with van der Waals surface area (Å²) in [6, 6.07) is 10.1. The van der Waals surface area contributed by atoms with Crippen molar-refractivity contribution < 1.29 is 9.53 Å². The zero-order valence-corrected chi connectivity index (χ0v) is 13.2. The van der Waals surface area contributed by atoms with E-state index in [1.807, 2.05) is 37.3 Å². The van der Waals surface area contributed by atoms with Crippen LogP contribution in [0.15, 0.2) is 43.0 Å². The Labute approximate surface area is 132 Å². The van der Waals surface area contributed by atoms with Crippen molar-refractivity contribution in [2.75, 3.05) is 6.61 Å². The van der Waals surface area contributed by atoms with Gasteiger partial charge in [-0.1, -0.05) is 19.6 Å². The Bertz CT molecular complexity index is 328. The summed E-state index contributed by atoms with van der Waals surface area (Å²) in [5, 5.41) is 0. The minimum atomic E-state index is -0.365. The average Bonchev–Trinajstić information content (AvgIpc) is 2.29. The van der Waals surface area contributed by atoms with Crippen molar-refractivity contribution in [3.05, 3.63) is 61.9 Å². The molecule has 0 amide bonds. The normalized spacial score (nSPS) is 7.83. The van der Waals surface area contributed by atoms with E-state index in [2.05, 4.69) is 6.58 Å². The summed E-state index contributed by atoms with van der Waals surface area (Å²) in [6.45, 7) is 5.78. The number of ether oxygens (including phenoxy) is 1. The summed E-state index contributed by atoms with van der Waals surface area (Å²) in [4.78, 5) is 10.8. The molecule has 0 N–H and O–H groups in total. The molecule has 0 fully saturated rings. The second-order valence-electron chi connectivity index (χ2n) is 3.27. The second kappa shape index (κ2) is 12.8. The first-order valence-electron chi connectivity index (χ1n) is 4.91. The fourth-order valence-corrected chi connectivity index (χ4v) is 1.23. The molecule has 96 valence electrons. The van der Waals surface area contributed by atoms with E-state index in [0.717, 1.165) is 6.42 Å². The van der Waals surface area contributed by atoms with Gasteiger partial charge in [-0.3, -0.25) is 0 Å². The maximum absolute atomic E-state index is 10.8. The SMILES string of the molecule is C=CC(=O)OCC[C-](C)c1ccccc1.Cl.[CH3-].[Mg+2]. The van der Waals surface area contributed by atoms with Gasteiger partial charge in [0, 0.05) is 6.08 Å². The summed E-state index contributed by atoms with van der Waals surface area (Å²) < 4.78 is 4.91. The van der Waals surface area contributed by atoms with Crippen LogP contribution in [0.3, 0.4) is 0 Å². The third kappa shape index (κ3) is 8.45. The molecule has 2 nitrogen and oxygen atoms in total. The third-order valence-electron chi connectivity index (χ3n) is 2.15. The van der Waals surface area contributed by atoms with Crippen LogP contribution in [-0.2, 0) is 9.53 Å². The van der Waals surface area contributed by atoms with Gasteiger partial charge in [-0.05, 0) is 6.42 Å². The van der Waals surface area contributed by atoms with Crippen molar-refractivity contribution in [1.29, 1.82) is 0 Å². The predicted octanol–water partition coefficient (Wildman–Crippen LogP) is 3.24. The number of rotatable bonds is 5. The maximum Gasteiger partial charge on any atom is 2.00 e. The van der Waals surface area contributed by atoms with E-state index in [4.69, 9.17) is 4.74 Å². The first kappa shape index (κ1) is 22.5. The van der Waals surface area contributed by atoms with Crippen LogP contribution in [0, 0.1) is 13.3 Å². The molecule has 4 heteroatoms. The Morgan fingerprint density at radius 3 is 2.44 bits per heavy atom. The van der Waals surface area contributed by atoms with Gasteiger partial charge >= 0.3 is 29.0 Å². The molecule has 18 heavy (non-hydrogen) atoms. The molecule has 0 radical (unpaired) electrons. The number of carbonyl (C=O) groups is 1. The van der Waals surface area contributed by atoms with Crippen molar-refractivity contribution >= 4 is 41.4 Å². The zero-order chi connectivity index (χ0) is 11.1. The molecule has 0 saturated heterocycles. The van der Waals surface area contributed by atoms with Gasteiger partial charge in [0.1, 0.15) is 0 Å². The fourth-order valence-electron chi connectivity index (χ4n) is 1.23. The number of halogens is 1. The van der Waals surface area contributed by atoms with Crippen molar-refractivity contribution in [2.45, 2.75) is 13.3 Å². The molecule has 0 bridgehead atoms. The van der Waals surface area contributed by atoms with Gasteiger partial charge in [0.2, 0.25) is 0 Å². The molecule has 1 aromatic carbocycles. The quantitative estimate of drug-likeness (QED) is 0.358. The summed E-state index contributed by atoms with van der Waals surface area (Å²) in [5.74, 6) is 0.850. The van der Waals surface area contributed by atoms with Crippen molar-refractivity contribution in [3.8, 4) is 0 Å². The fraction of sp³-hybridized carbons (Fsp3) is 0.214. The minimum Gasteiger partial charge on any atom is -0.463 e. The van der Waals surface area contributed by atoms with Crippen LogP contribution < -0.4 is 0 Å². The molecular weight excluding hydrogens is 260 g/mol. The molecule has 0 spiro atoms. The van der Waals surface area contributed by atoms with E-state index in [1.54, 1.807) is 0 Å². The zero-order valence-electron chi connectivity index (χ0n) is 11.0. The number of carbonyl (C=O) groups excluding carboxylic acids is 1. The molecule has 0 aliphatic heterocycles. The third-order valence-corrected chi connectivity index (χ3v) is 2.15. The Morgan fingerprint density at radius 2 is 1.94 bits per heavy atom. The van der Waals surface area contributed by atoms with E-state index in [9.17, 15) is 4.79 Å². The molecule has 0 aliphatic rings.